The van der Waals surface area contributed by atoms with Crippen molar-refractivity contribution in [1.82, 2.24) is 9.97 Å². The van der Waals surface area contributed by atoms with Gasteiger partial charge in [-0.2, -0.15) is 0 Å². The maximum Gasteiger partial charge on any atom is 0.132 e. The fourth-order valence-electron chi connectivity index (χ4n) is 2.71. The van der Waals surface area contributed by atoms with E-state index >= 15 is 0 Å². The largest absolute Gasteiger partial charge is 0.488 e. The van der Waals surface area contributed by atoms with Gasteiger partial charge in [-0.1, -0.05) is 0 Å². The molecule has 21 heavy (non-hydrogen) atoms. The summed E-state index contributed by atoms with van der Waals surface area (Å²) in [6, 6.07) is 4.93. The molecule has 0 bridgehead atoms. The molecule has 1 atom stereocenters. The normalized spacial score (nSPS) is 17.0. The topological polar surface area (TPSA) is 61.0 Å². The highest BCUT2D eigenvalue weighted by atomic mass is 32.1. The summed E-state index contributed by atoms with van der Waals surface area (Å²) < 4.78 is 19.8. The van der Waals surface area contributed by atoms with Gasteiger partial charge in [-0.3, -0.25) is 0 Å². The van der Waals surface area contributed by atoms with Crippen molar-refractivity contribution in [3.63, 3.8) is 0 Å². The minimum Gasteiger partial charge on any atom is -0.488 e. The van der Waals surface area contributed by atoms with E-state index in [0.29, 0.717) is 30.0 Å². The SMILES string of the molecule is NC[C@@H]1Cc2cc(F)cc(-c3ncnc4sccc34)c2O1. The van der Waals surface area contributed by atoms with E-state index in [2.05, 4.69) is 9.97 Å². The third-order valence-electron chi connectivity index (χ3n) is 3.64. The fraction of sp³-hybridized carbons (Fsp3) is 0.200. The molecule has 1 aliphatic heterocycles. The predicted octanol–water partition coefficient (Wildman–Crippen LogP) is 2.76. The number of ether oxygens (including phenoxy) is 1. The molecule has 0 saturated carbocycles. The Morgan fingerprint density at radius 1 is 1.38 bits per heavy atom. The first-order valence-electron chi connectivity index (χ1n) is 6.64. The number of fused-ring (bicyclic) bond motifs is 2. The molecule has 3 heterocycles. The van der Waals surface area contributed by atoms with Gasteiger partial charge in [0.1, 0.15) is 28.8 Å². The summed E-state index contributed by atoms with van der Waals surface area (Å²) in [5.74, 6) is 0.407. The first-order chi connectivity index (χ1) is 10.3. The summed E-state index contributed by atoms with van der Waals surface area (Å²) in [7, 11) is 0. The number of nitrogens with zero attached hydrogens (tertiary/aromatic N) is 2. The molecule has 0 saturated heterocycles. The van der Waals surface area contributed by atoms with Gasteiger partial charge in [-0.25, -0.2) is 14.4 Å². The van der Waals surface area contributed by atoms with E-state index in [1.807, 2.05) is 11.4 Å². The fourth-order valence-corrected chi connectivity index (χ4v) is 3.44. The van der Waals surface area contributed by atoms with Crippen LogP contribution < -0.4 is 10.5 Å². The number of aromatic nitrogens is 2. The minimum atomic E-state index is -0.285. The summed E-state index contributed by atoms with van der Waals surface area (Å²) in [4.78, 5) is 9.44. The van der Waals surface area contributed by atoms with Crippen molar-refractivity contribution < 1.29 is 9.13 Å². The summed E-state index contributed by atoms with van der Waals surface area (Å²) in [6.07, 6.45) is 2.04. The molecule has 106 valence electrons. The lowest BCUT2D eigenvalue weighted by Crippen LogP contribution is -2.24. The van der Waals surface area contributed by atoms with Crippen molar-refractivity contribution in [1.29, 1.82) is 0 Å². The van der Waals surface area contributed by atoms with Crippen LogP contribution in [0.1, 0.15) is 5.56 Å². The van der Waals surface area contributed by atoms with E-state index in [1.54, 1.807) is 0 Å². The third kappa shape index (κ3) is 1.99. The maximum absolute atomic E-state index is 13.9. The predicted molar refractivity (Wildman–Crippen MR) is 80.0 cm³/mol. The first-order valence-corrected chi connectivity index (χ1v) is 7.52. The Bertz CT molecular complexity index is 833. The quantitative estimate of drug-likeness (QED) is 0.790. The van der Waals surface area contributed by atoms with Gasteiger partial charge in [0, 0.05) is 29.5 Å². The number of thiophene rings is 1. The lowest BCUT2D eigenvalue weighted by atomic mass is 10.0. The van der Waals surface area contributed by atoms with Gasteiger partial charge in [-0.15, -0.1) is 11.3 Å². The Balaban J connectivity index is 1.96. The molecule has 4 nitrogen and oxygen atoms in total. The highest BCUT2D eigenvalue weighted by Crippen LogP contribution is 2.41. The number of hydrogen-bond donors (Lipinski definition) is 1. The summed E-state index contributed by atoms with van der Waals surface area (Å²) in [6.45, 7) is 0.410. The standard InChI is InChI=1S/C15H12FN3OS/c16-9-3-8-4-10(6-17)20-14(8)12(5-9)13-11-1-2-21-15(11)19-7-18-13/h1-3,5,7,10H,4,6,17H2/t10-/m0/s1. The second-order valence-corrected chi connectivity index (χ2v) is 5.88. The monoisotopic (exact) mass is 301 g/mol. The summed E-state index contributed by atoms with van der Waals surface area (Å²) >= 11 is 1.53. The first kappa shape index (κ1) is 12.7. The van der Waals surface area contributed by atoms with Gasteiger partial charge in [0.25, 0.3) is 0 Å². The Morgan fingerprint density at radius 3 is 3.14 bits per heavy atom. The average Bonchev–Trinajstić information content (AvgIpc) is 3.11. The molecular weight excluding hydrogens is 289 g/mol. The molecule has 0 spiro atoms. The van der Waals surface area contributed by atoms with Crippen LogP contribution in [0.2, 0.25) is 0 Å². The van der Waals surface area contributed by atoms with Gasteiger partial charge in [0.05, 0.1) is 5.69 Å². The molecule has 1 aliphatic rings. The molecule has 0 radical (unpaired) electrons. The molecule has 0 aliphatic carbocycles. The molecule has 2 aromatic heterocycles. The third-order valence-corrected chi connectivity index (χ3v) is 4.46. The lowest BCUT2D eigenvalue weighted by molar-refractivity contribution is 0.242. The number of hydrogen-bond acceptors (Lipinski definition) is 5. The van der Waals surface area contributed by atoms with Crippen molar-refractivity contribution >= 4 is 21.6 Å². The van der Waals surface area contributed by atoms with Crippen LogP contribution in [-0.2, 0) is 6.42 Å². The van der Waals surface area contributed by atoms with Crippen molar-refractivity contribution in [3.8, 4) is 17.0 Å². The van der Waals surface area contributed by atoms with E-state index < -0.39 is 0 Å². The van der Waals surface area contributed by atoms with E-state index in [1.165, 1.54) is 29.8 Å². The Morgan fingerprint density at radius 2 is 2.29 bits per heavy atom. The van der Waals surface area contributed by atoms with Crippen molar-refractivity contribution in [2.75, 3.05) is 6.54 Å². The zero-order valence-electron chi connectivity index (χ0n) is 11.0. The number of rotatable bonds is 2. The van der Waals surface area contributed by atoms with E-state index in [-0.39, 0.29) is 11.9 Å². The zero-order chi connectivity index (χ0) is 14.4. The van der Waals surface area contributed by atoms with Crippen molar-refractivity contribution in [2.24, 2.45) is 5.73 Å². The molecule has 3 aromatic rings. The van der Waals surface area contributed by atoms with Crippen molar-refractivity contribution in [3.05, 3.63) is 41.3 Å². The average molecular weight is 301 g/mol. The van der Waals surface area contributed by atoms with Gasteiger partial charge < -0.3 is 10.5 Å². The summed E-state index contributed by atoms with van der Waals surface area (Å²) in [5, 5.41) is 2.86. The van der Waals surface area contributed by atoms with Gasteiger partial charge in [-0.05, 0) is 23.6 Å². The maximum atomic E-state index is 13.9. The molecular formula is C15H12FN3OS. The van der Waals surface area contributed by atoms with Crippen LogP contribution in [-0.4, -0.2) is 22.6 Å². The van der Waals surface area contributed by atoms with Crippen LogP contribution in [0.5, 0.6) is 5.75 Å². The van der Waals surface area contributed by atoms with E-state index in [9.17, 15) is 4.39 Å². The van der Waals surface area contributed by atoms with Crippen LogP contribution in [0.4, 0.5) is 4.39 Å². The van der Waals surface area contributed by atoms with Crippen LogP contribution in [0.3, 0.4) is 0 Å². The molecule has 6 heteroatoms. The van der Waals surface area contributed by atoms with Crippen LogP contribution in [0.15, 0.2) is 29.9 Å². The Kier molecular flexibility index (Phi) is 2.87. The lowest BCUT2D eigenvalue weighted by Gasteiger charge is -2.11. The highest BCUT2D eigenvalue weighted by Gasteiger charge is 2.27. The Hall–Kier alpha value is -2.05. The number of benzene rings is 1. The second kappa shape index (κ2) is 4.75. The second-order valence-electron chi connectivity index (χ2n) is 4.98. The van der Waals surface area contributed by atoms with E-state index in [4.69, 9.17) is 10.5 Å². The number of halogens is 1. The van der Waals surface area contributed by atoms with Crippen LogP contribution in [0.25, 0.3) is 21.5 Å². The Labute approximate surface area is 124 Å². The van der Waals surface area contributed by atoms with Crippen LogP contribution in [0, 0.1) is 5.82 Å². The highest BCUT2D eigenvalue weighted by molar-refractivity contribution is 7.16. The molecule has 0 amide bonds. The van der Waals surface area contributed by atoms with Crippen molar-refractivity contribution in [2.45, 2.75) is 12.5 Å². The smallest absolute Gasteiger partial charge is 0.132 e. The number of nitrogens with two attached hydrogens (primary N) is 1. The molecule has 2 N–H and O–H groups in total. The molecule has 4 rings (SSSR count). The van der Waals surface area contributed by atoms with Gasteiger partial charge in [0.2, 0.25) is 0 Å². The zero-order valence-corrected chi connectivity index (χ0v) is 11.9. The van der Waals surface area contributed by atoms with Gasteiger partial charge >= 0.3 is 0 Å². The molecule has 0 fully saturated rings. The minimum absolute atomic E-state index is 0.0969. The molecule has 1 aromatic carbocycles. The van der Waals surface area contributed by atoms with Crippen LogP contribution >= 0.6 is 11.3 Å². The summed E-state index contributed by atoms with van der Waals surface area (Å²) in [5.41, 5.74) is 7.90. The van der Waals surface area contributed by atoms with Gasteiger partial charge in [0.15, 0.2) is 0 Å². The van der Waals surface area contributed by atoms with E-state index in [0.717, 1.165) is 15.8 Å². The molecule has 0 unspecified atom stereocenters.